The normalized spacial score (nSPS) is 14.8. The summed E-state index contributed by atoms with van der Waals surface area (Å²) in [5.74, 6) is 0.118. The van der Waals surface area contributed by atoms with E-state index in [0.29, 0.717) is 17.9 Å². The summed E-state index contributed by atoms with van der Waals surface area (Å²) in [7, 11) is 0. The van der Waals surface area contributed by atoms with Gasteiger partial charge in [0.2, 0.25) is 5.91 Å². The molecule has 2 N–H and O–H groups in total. The fourth-order valence-electron chi connectivity index (χ4n) is 3.38. The third-order valence-corrected chi connectivity index (χ3v) is 5.23. The molecule has 1 atom stereocenters. The largest absolute Gasteiger partial charge is 0.349 e. The molecule has 1 aromatic carbocycles. The van der Waals surface area contributed by atoms with Crippen molar-refractivity contribution in [2.45, 2.75) is 31.7 Å². The third kappa shape index (κ3) is 4.56. The summed E-state index contributed by atoms with van der Waals surface area (Å²) in [5.41, 5.74) is 1.79. The summed E-state index contributed by atoms with van der Waals surface area (Å²) in [6.07, 6.45) is 6.41. The van der Waals surface area contributed by atoms with Gasteiger partial charge in [-0.05, 0) is 42.7 Å². The maximum absolute atomic E-state index is 13.4. The molecule has 0 aliphatic heterocycles. The van der Waals surface area contributed by atoms with Gasteiger partial charge in [-0.15, -0.1) is 0 Å². The molecule has 1 unspecified atom stereocenters. The highest BCUT2D eigenvalue weighted by molar-refractivity contribution is 5.79. The number of halogens is 1. The molecule has 4 rings (SSSR count). The van der Waals surface area contributed by atoms with Crippen LogP contribution in [0.1, 0.15) is 36.6 Å². The number of hydrogen-bond acceptors (Lipinski definition) is 4. The van der Waals surface area contributed by atoms with Crippen molar-refractivity contribution in [3.8, 4) is 11.4 Å². The molecule has 2 heterocycles. The van der Waals surface area contributed by atoms with Crippen LogP contribution in [0.5, 0.6) is 0 Å². The molecule has 1 amide bonds. The second-order valence-electron chi connectivity index (χ2n) is 7.27. The number of H-pyrrole nitrogens is 1. The second-order valence-corrected chi connectivity index (χ2v) is 7.27. The Balaban J connectivity index is 1.63. The molecule has 0 radical (unpaired) electrons. The number of amides is 1. The Kier molecular flexibility index (Phi) is 5.46. The van der Waals surface area contributed by atoms with Crippen molar-refractivity contribution in [1.29, 1.82) is 0 Å². The van der Waals surface area contributed by atoms with Gasteiger partial charge in [-0.3, -0.25) is 14.6 Å². The van der Waals surface area contributed by atoms with Gasteiger partial charge in [0, 0.05) is 36.4 Å². The van der Waals surface area contributed by atoms with E-state index >= 15 is 0 Å². The highest BCUT2D eigenvalue weighted by Gasteiger charge is 2.27. The first-order valence-corrected chi connectivity index (χ1v) is 9.65. The van der Waals surface area contributed by atoms with E-state index < -0.39 is 6.04 Å². The number of carbonyl (C=O) groups is 1. The molecule has 0 saturated heterocycles. The van der Waals surface area contributed by atoms with Crippen LogP contribution in [0.2, 0.25) is 0 Å². The van der Waals surface area contributed by atoms with Crippen molar-refractivity contribution < 1.29 is 9.18 Å². The Morgan fingerprint density at radius 2 is 1.90 bits per heavy atom. The molecule has 0 spiro atoms. The van der Waals surface area contributed by atoms with Gasteiger partial charge in [-0.1, -0.05) is 18.6 Å². The Bertz CT molecular complexity index is 1050. The zero-order valence-corrected chi connectivity index (χ0v) is 15.8. The lowest BCUT2D eigenvalue weighted by molar-refractivity contribution is -0.128. The maximum atomic E-state index is 13.4. The lowest BCUT2D eigenvalue weighted by Crippen LogP contribution is -2.38. The number of pyridine rings is 1. The van der Waals surface area contributed by atoms with Crippen LogP contribution in [0.15, 0.2) is 59.7 Å². The summed E-state index contributed by atoms with van der Waals surface area (Å²) in [4.78, 5) is 36.0. The van der Waals surface area contributed by atoms with E-state index in [1.165, 1.54) is 18.2 Å². The Morgan fingerprint density at radius 3 is 2.55 bits per heavy atom. The monoisotopic (exact) mass is 392 g/mol. The number of rotatable bonds is 6. The zero-order valence-electron chi connectivity index (χ0n) is 15.8. The van der Waals surface area contributed by atoms with Crippen molar-refractivity contribution in [2.24, 2.45) is 5.92 Å². The van der Waals surface area contributed by atoms with E-state index in [0.717, 1.165) is 30.4 Å². The average molecular weight is 392 g/mol. The molecule has 2 aromatic heterocycles. The molecule has 0 bridgehead atoms. The minimum Gasteiger partial charge on any atom is -0.349 e. The predicted octanol–water partition coefficient (Wildman–Crippen LogP) is 3.17. The van der Waals surface area contributed by atoms with E-state index in [1.54, 1.807) is 36.7 Å². The highest BCUT2D eigenvalue weighted by Crippen LogP contribution is 2.28. The van der Waals surface area contributed by atoms with Crippen LogP contribution in [0.25, 0.3) is 11.4 Å². The molecule has 7 heteroatoms. The first-order chi connectivity index (χ1) is 14.1. The number of hydrogen-bond donors (Lipinski definition) is 2. The summed E-state index contributed by atoms with van der Waals surface area (Å²) < 4.78 is 13.4. The van der Waals surface area contributed by atoms with Crippen LogP contribution in [0.3, 0.4) is 0 Å². The fraction of sp³-hybridized carbons (Fsp3) is 0.273. The van der Waals surface area contributed by atoms with Crippen molar-refractivity contribution in [1.82, 2.24) is 20.3 Å². The molecule has 1 aliphatic rings. The van der Waals surface area contributed by atoms with Gasteiger partial charge < -0.3 is 10.3 Å². The first kappa shape index (κ1) is 19.0. The molecule has 6 nitrogen and oxygen atoms in total. The van der Waals surface area contributed by atoms with Gasteiger partial charge in [-0.2, -0.15) is 0 Å². The smallest absolute Gasteiger partial charge is 0.251 e. The molecular formula is C22H21FN4O2. The Morgan fingerprint density at radius 1 is 1.17 bits per heavy atom. The lowest BCUT2D eigenvalue weighted by Gasteiger charge is -2.27. The minimum absolute atomic E-state index is 0.00947. The number of nitrogens with one attached hydrogen (secondary N) is 2. The number of carbonyl (C=O) groups excluding carboxylic acids is 1. The third-order valence-electron chi connectivity index (χ3n) is 5.23. The van der Waals surface area contributed by atoms with Crippen LogP contribution in [0, 0.1) is 11.7 Å². The number of benzene rings is 1. The van der Waals surface area contributed by atoms with E-state index in [-0.39, 0.29) is 23.2 Å². The van der Waals surface area contributed by atoms with E-state index in [2.05, 4.69) is 20.3 Å². The van der Waals surface area contributed by atoms with Gasteiger partial charge in [-0.25, -0.2) is 9.37 Å². The van der Waals surface area contributed by atoms with Crippen LogP contribution in [-0.2, 0) is 11.2 Å². The molecule has 148 valence electrons. The van der Waals surface area contributed by atoms with Crippen LogP contribution in [0.4, 0.5) is 4.39 Å². The lowest BCUT2D eigenvalue weighted by atomic mass is 9.84. The second kappa shape index (κ2) is 8.34. The summed E-state index contributed by atoms with van der Waals surface area (Å²) in [6.45, 7) is 0. The van der Waals surface area contributed by atoms with Crippen molar-refractivity contribution >= 4 is 5.91 Å². The fourth-order valence-corrected chi connectivity index (χ4v) is 3.38. The minimum atomic E-state index is -0.400. The van der Waals surface area contributed by atoms with Crippen molar-refractivity contribution in [3.05, 3.63) is 82.3 Å². The first-order valence-electron chi connectivity index (χ1n) is 9.65. The average Bonchev–Trinajstić information content (AvgIpc) is 2.67. The summed E-state index contributed by atoms with van der Waals surface area (Å²) in [6, 6.07) is 10.6. The van der Waals surface area contributed by atoms with Crippen molar-refractivity contribution in [3.63, 3.8) is 0 Å². The van der Waals surface area contributed by atoms with Gasteiger partial charge >= 0.3 is 0 Å². The van der Waals surface area contributed by atoms with E-state index in [4.69, 9.17) is 0 Å². The predicted molar refractivity (Wildman–Crippen MR) is 106 cm³/mol. The van der Waals surface area contributed by atoms with Crippen LogP contribution >= 0.6 is 0 Å². The SMILES string of the molecule is O=C(NC(Cc1cc(=O)[nH]c(-c2ccncc2)n1)c1ccc(F)cc1)C1CCC1. The van der Waals surface area contributed by atoms with Crippen molar-refractivity contribution in [2.75, 3.05) is 0 Å². The van der Waals surface area contributed by atoms with E-state index in [1.807, 2.05) is 0 Å². The molecule has 3 aromatic rings. The molecule has 1 aliphatic carbocycles. The molecular weight excluding hydrogens is 371 g/mol. The van der Waals surface area contributed by atoms with Gasteiger partial charge in [0.05, 0.1) is 11.7 Å². The molecule has 29 heavy (non-hydrogen) atoms. The molecule has 1 fully saturated rings. The number of nitrogens with zero attached hydrogens (tertiary/aromatic N) is 2. The quantitative estimate of drug-likeness (QED) is 0.675. The van der Waals surface area contributed by atoms with Gasteiger partial charge in [0.15, 0.2) is 0 Å². The van der Waals surface area contributed by atoms with Crippen LogP contribution < -0.4 is 10.9 Å². The Hall–Kier alpha value is -3.35. The summed E-state index contributed by atoms with van der Waals surface area (Å²) in [5, 5.41) is 3.06. The molecule has 1 saturated carbocycles. The topological polar surface area (TPSA) is 87.7 Å². The van der Waals surface area contributed by atoms with Gasteiger partial charge in [0.1, 0.15) is 11.6 Å². The number of aromatic nitrogens is 3. The Labute approximate surface area is 167 Å². The van der Waals surface area contributed by atoms with E-state index in [9.17, 15) is 14.0 Å². The van der Waals surface area contributed by atoms with Crippen LogP contribution in [-0.4, -0.2) is 20.9 Å². The number of aromatic amines is 1. The van der Waals surface area contributed by atoms with Gasteiger partial charge in [0.25, 0.3) is 5.56 Å². The summed E-state index contributed by atoms with van der Waals surface area (Å²) >= 11 is 0. The highest BCUT2D eigenvalue weighted by atomic mass is 19.1. The standard InChI is InChI=1S/C22H21FN4O2/c23-17-6-4-14(5-7-17)19(26-22(29)16-2-1-3-16)12-18-13-20(28)27-21(25-18)15-8-10-24-11-9-15/h4-11,13,16,19H,1-3,12H2,(H,26,29)(H,25,27,28). The maximum Gasteiger partial charge on any atom is 0.251 e. The zero-order chi connectivity index (χ0) is 20.2.